The lowest BCUT2D eigenvalue weighted by Crippen LogP contribution is -2.26. The van der Waals surface area contributed by atoms with Gasteiger partial charge in [-0.2, -0.15) is 0 Å². The number of likely N-dealkylation sites (tertiary alicyclic amines) is 1. The Labute approximate surface area is 147 Å². The average Bonchev–Trinajstić information content (AvgIpc) is 3.14. The SMILES string of the molecule is COc1ccc2c(c1)C(c1cccc(F)c1)=C(CN1CCCC1)CO2. The Balaban J connectivity index is 1.84. The second-order valence-corrected chi connectivity index (χ2v) is 6.62. The van der Waals surface area contributed by atoms with Gasteiger partial charge < -0.3 is 9.47 Å². The second-order valence-electron chi connectivity index (χ2n) is 6.62. The van der Waals surface area contributed by atoms with Gasteiger partial charge in [-0.05, 0) is 73.0 Å². The van der Waals surface area contributed by atoms with Crippen molar-refractivity contribution >= 4 is 5.57 Å². The number of ether oxygens (including phenoxy) is 2. The van der Waals surface area contributed by atoms with Crippen LogP contribution in [0.5, 0.6) is 11.5 Å². The lowest BCUT2D eigenvalue weighted by molar-refractivity contribution is 0.308. The molecule has 0 radical (unpaired) electrons. The van der Waals surface area contributed by atoms with E-state index >= 15 is 0 Å². The van der Waals surface area contributed by atoms with Crippen molar-refractivity contribution in [1.82, 2.24) is 4.90 Å². The molecular formula is C21H22FNO2. The highest BCUT2D eigenvalue weighted by atomic mass is 19.1. The van der Waals surface area contributed by atoms with Crippen molar-refractivity contribution in [3.8, 4) is 11.5 Å². The predicted molar refractivity (Wildman–Crippen MR) is 96.6 cm³/mol. The van der Waals surface area contributed by atoms with Crippen molar-refractivity contribution < 1.29 is 13.9 Å². The molecule has 4 heteroatoms. The normalized spacial score (nSPS) is 17.4. The van der Waals surface area contributed by atoms with Crippen LogP contribution in [0.4, 0.5) is 4.39 Å². The van der Waals surface area contributed by atoms with E-state index in [4.69, 9.17) is 9.47 Å². The van der Waals surface area contributed by atoms with E-state index in [-0.39, 0.29) is 5.82 Å². The lowest BCUT2D eigenvalue weighted by atomic mass is 9.90. The first-order chi connectivity index (χ1) is 12.2. The Morgan fingerprint density at radius 1 is 1.12 bits per heavy atom. The number of rotatable bonds is 4. The van der Waals surface area contributed by atoms with Crippen molar-refractivity contribution in [3.05, 3.63) is 65.0 Å². The number of nitrogens with zero attached hydrogens (tertiary/aromatic N) is 1. The second kappa shape index (κ2) is 6.89. The molecule has 0 saturated carbocycles. The van der Waals surface area contributed by atoms with Crippen LogP contribution in [-0.4, -0.2) is 38.3 Å². The summed E-state index contributed by atoms with van der Waals surface area (Å²) in [6.45, 7) is 3.64. The van der Waals surface area contributed by atoms with Crippen LogP contribution in [-0.2, 0) is 0 Å². The van der Waals surface area contributed by atoms with Crippen molar-refractivity contribution in [2.75, 3.05) is 33.4 Å². The maximum Gasteiger partial charge on any atom is 0.127 e. The summed E-state index contributed by atoms with van der Waals surface area (Å²) < 4.78 is 25.3. The molecule has 25 heavy (non-hydrogen) atoms. The Morgan fingerprint density at radius 3 is 2.72 bits per heavy atom. The van der Waals surface area contributed by atoms with Crippen LogP contribution in [0, 0.1) is 5.82 Å². The molecule has 2 aliphatic rings. The first-order valence-corrected chi connectivity index (χ1v) is 8.76. The number of halogens is 1. The van der Waals surface area contributed by atoms with Crippen LogP contribution >= 0.6 is 0 Å². The van der Waals surface area contributed by atoms with Crippen molar-refractivity contribution in [3.63, 3.8) is 0 Å². The topological polar surface area (TPSA) is 21.7 Å². The monoisotopic (exact) mass is 339 g/mol. The Kier molecular flexibility index (Phi) is 4.45. The molecule has 0 aliphatic carbocycles. The fourth-order valence-corrected chi connectivity index (χ4v) is 3.72. The molecule has 130 valence electrons. The highest BCUT2D eigenvalue weighted by molar-refractivity contribution is 5.87. The number of benzene rings is 2. The summed E-state index contributed by atoms with van der Waals surface area (Å²) in [4.78, 5) is 2.45. The molecule has 0 aromatic heterocycles. The summed E-state index contributed by atoms with van der Waals surface area (Å²) >= 11 is 0. The van der Waals surface area contributed by atoms with E-state index < -0.39 is 0 Å². The highest BCUT2D eigenvalue weighted by Gasteiger charge is 2.24. The highest BCUT2D eigenvalue weighted by Crippen LogP contribution is 2.40. The molecule has 4 rings (SSSR count). The summed E-state index contributed by atoms with van der Waals surface area (Å²) in [5, 5.41) is 0. The van der Waals surface area contributed by atoms with E-state index in [1.807, 2.05) is 24.3 Å². The Hall–Kier alpha value is -2.33. The summed E-state index contributed by atoms with van der Waals surface area (Å²) in [6, 6.07) is 12.6. The predicted octanol–water partition coefficient (Wildman–Crippen LogP) is 4.12. The number of hydrogen-bond donors (Lipinski definition) is 0. The molecule has 2 aliphatic heterocycles. The van der Waals surface area contributed by atoms with Crippen molar-refractivity contribution in [2.24, 2.45) is 0 Å². The van der Waals surface area contributed by atoms with Gasteiger partial charge in [-0.3, -0.25) is 4.90 Å². The molecule has 3 nitrogen and oxygen atoms in total. The summed E-state index contributed by atoms with van der Waals surface area (Å²) in [5.41, 5.74) is 4.15. The van der Waals surface area contributed by atoms with Crippen LogP contribution in [0.1, 0.15) is 24.0 Å². The van der Waals surface area contributed by atoms with E-state index in [0.717, 1.165) is 47.8 Å². The lowest BCUT2D eigenvalue weighted by Gasteiger charge is -2.27. The minimum Gasteiger partial charge on any atom is -0.497 e. The fourth-order valence-electron chi connectivity index (χ4n) is 3.72. The van der Waals surface area contributed by atoms with Gasteiger partial charge in [0.25, 0.3) is 0 Å². The molecule has 1 saturated heterocycles. The third-order valence-corrected chi connectivity index (χ3v) is 4.94. The van der Waals surface area contributed by atoms with E-state index in [0.29, 0.717) is 6.61 Å². The van der Waals surface area contributed by atoms with Crippen LogP contribution in [0.3, 0.4) is 0 Å². The number of fused-ring (bicyclic) bond motifs is 1. The van der Waals surface area contributed by atoms with E-state index in [9.17, 15) is 4.39 Å². The summed E-state index contributed by atoms with van der Waals surface area (Å²) in [7, 11) is 1.65. The van der Waals surface area contributed by atoms with E-state index in [1.165, 1.54) is 24.5 Å². The van der Waals surface area contributed by atoms with Gasteiger partial charge in [-0.1, -0.05) is 12.1 Å². The van der Waals surface area contributed by atoms with Crippen molar-refractivity contribution in [2.45, 2.75) is 12.8 Å². The van der Waals surface area contributed by atoms with Gasteiger partial charge in [0.05, 0.1) is 7.11 Å². The number of hydrogen-bond acceptors (Lipinski definition) is 3. The van der Waals surface area contributed by atoms with Gasteiger partial charge in [0.1, 0.15) is 23.9 Å². The minimum atomic E-state index is -0.221. The van der Waals surface area contributed by atoms with Crippen LogP contribution in [0.25, 0.3) is 5.57 Å². The van der Waals surface area contributed by atoms with Gasteiger partial charge in [0, 0.05) is 12.1 Å². The first kappa shape index (κ1) is 16.2. The molecule has 0 atom stereocenters. The average molecular weight is 339 g/mol. The Morgan fingerprint density at radius 2 is 1.96 bits per heavy atom. The maximum atomic E-state index is 13.9. The van der Waals surface area contributed by atoms with Gasteiger partial charge >= 0.3 is 0 Å². The number of methoxy groups -OCH3 is 1. The molecule has 1 fully saturated rings. The molecule has 0 N–H and O–H groups in total. The first-order valence-electron chi connectivity index (χ1n) is 8.76. The molecule has 2 aromatic carbocycles. The summed E-state index contributed by atoms with van der Waals surface area (Å²) in [5.74, 6) is 1.38. The zero-order valence-corrected chi connectivity index (χ0v) is 14.4. The quantitative estimate of drug-likeness (QED) is 0.836. The van der Waals surface area contributed by atoms with Crippen LogP contribution < -0.4 is 9.47 Å². The molecule has 0 spiro atoms. The largest absolute Gasteiger partial charge is 0.497 e. The molecule has 2 heterocycles. The fraction of sp³-hybridized carbons (Fsp3) is 0.333. The van der Waals surface area contributed by atoms with Gasteiger partial charge in [-0.25, -0.2) is 4.39 Å². The summed E-state index contributed by atoms with van der Waals surface area (Å²) in [6.07, 6.45) is 2.49. The van der Waals surface area contributed by atoms with Crippen LogP contribution in [0.15, 0.2) is 48.0 Å². The van der Waals surface area contributed by atoms with Gasteiger partial charge in [0.2, 0.25) is 0 Å². The minimum absolute atomic E-state index is 0.221. The maximum absolute atomic E-state index is 13.9. The molecular weight excluding hydrogens is 317 g/mol. The van der Waals surface area contributed by atoms with E-state index in [1.54, 1.807) is 19.2 Å². The Bertz CT molecular complexity index is 809. The zero-order chi connectivity index (χ0) is 17.2. The zero-order valence-electron chi connectivity index (χ0n) is 14.4. The third kappa shape index (κ3) is 3.27. The third-order valence-electron chi connectivity index (χ3n) is 4.94. The molecule has 0 bridgehead atoms. The standard InChI is InChI=1S/C21H22FNO2/c1-24-18-7-8-20-19(12-18)21(15-5-4-6-17(22)11-15)16(14-25-20)13-23-9-2-3-10-23/h4-8,11-12H,2-3,9-10,13-14H2,1H3. The van der Waals surface area contributed by atoms with Gasteiger partial charge in [0.15, 0.2) is 0 Å². The molecule has 0 amide bonds. The van der Waals surface area contributed by atoms with Crippen LogP contribution in [0.2, 0.25) is 0 Å². The van der Waals surface area contributed by atoms with Gasteiger partial charge in [-0.15, -0.1) is 0 Å². The smallest absolute Gasteiger partial charge is 0.127 e. The molecule has 2 aromatic rings. The van der Waals surface area contributed by atoms with Crippen molar-refractivity contribution in [1.29, 1.82) is 0 Å². The molecule has 0 unspecified atom stereocenters. The van der Waals surface area contributed by atoms with E-state index in [2.05, 4.69) is 4.90 Å².